The molecule has 2 aliphatic heterocycles. The summed E-state index contributed by atoms with van der Waals surface area (Å²) in [6.45, 7) is 3.81. The molecule has 0 aliphatic carbocycles. The van der Waals surface area contributed by atoms with Gasteiger partial charge in [0.05, 0.1) is 0 Å². The number of anilines is 2. The number of hydrogen-bond donors (Lipinski definition) is 2. The molecule has 23 heavy (non-hydrogen) atoms. The van der Waals surface area contributed by atoms with Gasteiger partial charge >= 0.3 is 0 Å². The molecule has 2 heterocycles. The summed E-state index contributed by atoms with van der Waals surface area (Å²) in [4.78, 5) is 0. The molecule has 0 atom stereocenters. The third-order valence-electron chi connectivity index (χ3n) is 5.91. The van der Waals surface area contributed by atoms with E-state index in [2.05, 4.69) is 53.9 Å². The number of rotatable bonds is 4. The molecule has 3 heteroatoms. The number of hydrogen-bond acceptors (Lipinski definition) is 2. The predicted molar refractivity (Wildman–Crippen MR) is 103 cm³/mol. The van der Waals surface area contributed by atoms with Crippen LogP contribution in [0.4, 0.5) is 11.4 Å². The number of fused-ring (bicyclic) bond motifs is 3. The summed E-state index contributed by atoms with van der Waals surface area (Å²) in [6.07, 6.45) is 8.54. The molecule has 2 aromatic carbocycles. The van der Waals surface area contributed by atoms with Crippen molar-refractivity contribution in [3.8, 4) is 0 Å². The minimum Gasteiger partial charge on any atom is -0.427 e. The molecule has 2 aliphatic rings. The minimum absolute atomic E-state index is 0.679. The van der Waals surface area contributed by atoms with Gasteiger partial charge in [-0.15, -0.1) is 0 Å². The standard InChI is InChI=1S/C20H27BN2/c1-2-22-18-13-3-7-15-8-4-14-19(20(15)18)23-21-16-9-5-10-17(21)12-6-11-16/h3-4,7-8,13-14,16-17,22-23H,2,5-6,9-12H2,1H3. The normalized spacial score (nSPS) is 23.8. The summed E-state index contributed by atoms with van der Waals surface area (Å²) in [5, 5.41) is 10.2. The monoisotopic (exact) mass is 306 g/mol. The average molecular weight is 306 g/mol. The SMILES string of the molecule is CCNc1cccc2cccc(NB3C4CCCC3CCC4)c12. The molecule has 120 valence electrons. The van der Waals surface area contributed by atoms with Gasteiger partial charge < -0.3 is 10.5 Å². The second-order valence-electron chi connectivity index (χ2n) is 7.29. The van der Waals surface area contributed by atoms with E-state index in [0.717, 1.165) is 18.2 Å². The molecule has 2 saturated heterocycles. The Labute approximate surface area is 140 Å². The van der Waals surface area contributed by atoms with Crippen molar-refractivity contribution < 1.29 is 0 Å². The molecule has 2 fully saturated rings. The van der Waals surface area contributed by atoms with E-state index in [1.807, 2.05) is 0 Å². The lowest BCUT2D eigenvalue weighted by atomic mass is 9.34. The summed E-state index contributed by atoms with van der Waals surface area (Å²) >= 11 is 0. The van der Waals surface area contributed by atoms with E-state index >= 15 is 0 Å². The topological polar surface area (TPSA) is 24.1 Å². The molecule has 0 saturated carbocycles. The van der Waals surface area contributed by atoms with Crippen molar-refractivity contribution >= 4 is 29.0 Å². The Morgan fingerprint density at radius 2 is 1.52 bits per heavy atom. The van der Waals surface area contributed by atoms with Crippen LogP contribution in [0.15, 0.2) is 36.4 Å². The van der Waals surface area contributed by atoms with Gasteiger partial charge in [0, 0.05) is 23.3 Å². The lowest BCUT2D eigenvalue weighted by molar-refractivity contribution is 0.445. The molecule has 0 spiro atoms. The van der Waals surface area contributed by atoms with Crippen LogP contribution in [0.5, 0.6) is 0 Å². The quantitative estimate of drug-likeness (QED) is 0.699. The molecule has 0 amide bonds. The van der Waals surface area contributed by atoms with Crippen molar-refractivity contribution in [2.24, 2.45) is 0 Å². The zero-order valence-electron chi connectivity index (χ0n) is 14.1. The summed E-state index contributed by atoms with van der Waals surface area (Å²) in [5.74, 6) is 1.76. The van der Waals surface area contributed by atoms with Crippen molar-refractivity contribution in [1.82, 2.24) is 0 Å². The van der Waals surface area contributed by atoms with E-state index < -0.39 is 0 Å². The molecule has 0 unspecified atom stereocenters. The van der Waals surface area contributed by atoms with E-state index in [-0.39, 0.29) is 0 Å². The Morgan fingerprint density at radius 1 is 0.913 bits per heavy atom. The highest BCUT2D eigenvalue weighted by atomic mass is 14.9. The van der Waals surface area contributed by atoms with Gasteiger partial charge in [0.25, 0.3) is 6.85 Å². The maximum absolute atomic E-state index is 3.98. The number of benzene rings is 2. The first kappa shape index (κ1) is 14.9. The second-order valence-corrected chi connectivity index (χ2v) is 7.29. The Balaban J connectivity index is 1.71. The summed E-state index contributed by atoms with van der Waals surface area (Å²) in [6, 6.07) is 13.3. The van der Waals surface area contributed by atoms with Gasteiger partial charge in [-0.2, -0.15) is 0 Å². The van der Waals surface area contributed by atoms with Crippen molar-refractivity contribution in [2.75, 3.05) is 17.1 Å². The molecule has 2 aromatic rings. The molecule has 0 radical (unpaired) electrons. The van der Waals surface area contributed by atoms with Gasteiger partial charge in [-0.1, -0.05) is 62.8 Å². The van der Waals surface area contributed by atoms with Crippen LogP contribution in [0.1, 0.15) is 45.4 Å². The minimum atomic E-state index is 0.679. The van der Waals surface area contributed by atoms with E-state index in [1.165, 1.54) is 60.7 Å². The van der Waals surface area contributed by atoms with Crippen molar-refractivity contribution in [1.29, 1.82) is 0 Å². The van der Waals surface area contributed by atoms with Gasteiger partial charge in [-0.25, -0.2) is 0 Å². The van der Waals surface area contributed by atoms with Crippen molar-refractivity contribution in [3.63, 3.8) is 0 Å². The first-order chi connectivity index (χ1) is 11.4. The van der Waals surface area contributed by atoms with Crippen LogP contribution < -0.4 is 10.5 Å². The molecule has 2 N–H and O–H groups in total. The Morgan fingerprint density at radius 3 is 2.13 bits per heavy atom. The maximum Gasteiger partial charge on any atom is 0.258 e. The fourth-order valence-corrected chi connectivity index (χ4v) is 4.89. The van der Waals surface area contributed by atoms with Crippen molar-refractivity contribution in [3.05, 3.63) is 36.4 Å². The largest absolute Gasteiger partial charge is 0.427 e. The summed E-state index contributed by atoms with van der Waals surface area (Å²) in [7, 11) is 0. The lowest BCUT2D eigenvalue weighted by Gasteiger charge is -2.40. The summed E-state index contributed by atoms with van der Waals surface area (Å²) in [5.41, 5.74) is 2.58. The van der Waals surface area contributed by atoms with Crippen LogP contribution in [-0.4, -0.2) is 13.4 Å². The highest BCUT2D eigenvalue weighted by molar-refractivity contribution is 6.66. The van der Waals surface area contributed by atoms with E-state index in [1.54, 1.807) is 0 Å². The molecule has 2 nitrogen and oxygen atoms in total. The van der Waals surface area contributed by atoms with E-state index in [0.29, 0.717) is 6.85 Å². The Kier molecular flexibility index (Phi) is 4.20. The Hall–Kier alpha value is -1.64. The van der Waals surface area contributed by atoms with Gasteiger partial charge in [0.2, 0.25) is 0 Å². The second kappa shape index (κ2) is 6.47. The number of nitrogens with one attached hydrogen (secondary N) is 2. The molecular weight excluding hydrogens is 279 g/mol. The van der Waals surface area contributed by atoms with Crippen LogP contribution in [0.3, 0.4) is 0 Å². The van der Waals surface area contributed by atoms with Gasteiger partial charge in [-0.3, -0.25) is 0 Å². The molecule has 0 aromatic heterocycles. The third kappa shape index (κ3) is 2.82. The molecular formula is C20H27BN2. The third-order valence-corrected chi connectivity index (χ3v) is 5.91. The predicted octanol–water partition coefficient (Wildman–Crippen LogP) is 5.78. The van der Waals surface area contributed by atoms with E-state index in [9.17, 15) is 0 Å². The highest BCUT2D eigenvalue weighted by Crippen LogP contribution is 2.47. The zero-order chi connectivity index (χ0) is 15.6. The Bertz CT molecular complexity index is 657. The van der Waals surface area contributed by atoms with Gasteiger partial charge in [0.1, 0.15) is 0 Å². The van der Waals surface area contributed by atoms with Crippen LogP contribution in [-0.2, 0) is 0 Å². The lowest BCUT2D eigenvalue weighted by Crippen LogP contribution is -2.41. The highest BCUT2D eigenvalue weighted by Gasteiger charge is 2.40. The zero-order valence-corrected chi connectivity index (χ0v) is 14.1. The maximum atomic E-state index is 3.98. The van der Waals surface area contributed by atoms with Crippen molar-refractivity contribution in [2.45, 2.75) is 57.1 Å². The van der Waals surface area contributed by atoms with Crippen LogP contribution >= 0.6 is 0 Å². The fraction of sp³-hybridized carbons (Fsp3) is 0.500. The van der Waals surface area contributed by atoms with Crippen LogP contribution in [0.25, 0.3) is 10.8 Å². The first-order valence-corrected chi connectivity index (χ1v) is 9.39. The fourth-order valence-electron chi connectivity index (χ4n) is 4.89. The van der Waals surface area contributed by atoms with Crippen LogP contribution in [0, 0.1) is 0 Å². The smallest absolute Gasteiger partial charge is 0.258 e. The molecule has 4 rings (SSSR count). The van der Waals surface area contributed by atoms with E-state index in [4.69, 9.17) is 0 Å². The summed E-state index contributed by atoms with van der Waals surface area (Å²) < 4.78 is 0. The van der Waals surface area contributed by atoms with Gasteiger partial charge in [0.15, 0.2) is 0 Å². The first-order valence-electron chi connectivity index (χ1n) is 9.39. The van der Waals surface area contributed by atoms with Crippen LogP contribution in [0.2, 0.25) is 11.6 Å². The molecule has 2 bridgehead atoms. The average Bonchev–Trinajstić information content (AvgIpc) is 2.55. The van der Waals surface area contributed by atoms with Gasteiger partial charge in [-0.05, 0) is 36.1 Å².